The van der Waals surface area contributed by atoms with E-state index in [-0.39, 0.29) is 17.1 Å². The summed E-state index contributed by atoms with van der Waals surface area (Å²) in [5, 5.41) is 3.87. The van der Waals surface area contributed by atoms with Crippen LogP contribution in [0.2, 0.25) is 0 Å². The second-order valence-corrected chi connectivity index (χ2v) is 6.30. The maximum absolute atomic E-state index is 13.1. The summed E-state index contributed by atoms with van der Waals surface area (Å²) in [5.74, 6) is -0.388. The Kier molecular flexibility index (Phi) is 4.77. The number of benzene rings is 1. The van der Waals surface area contributed by atoms with Crippen LogP contribution in [0.5, 0.6) is 0 Å². The molecule has 0 aliphatic heterocycles. The van der Waals surface area contributed by atoms with Gasteiger partial charge in [0.15, 0.2) is 0 Å². The lowest BCUT2D eigenvalue weighted by atomic mass is 10.2. The van der Waals surface area contributed by atoms with Crippen molar-refractivity contribution in [2.45, 2.75) is 25.1 Å². The average molecular weight is 300 g/mol. The van der Waals surface area contributed by atoms with Crippen LogP contribution in [-0.4, -0.2) is 17.8 Å². The van der Waals surface area contributed by atoms with Crippen LogP contribution in [0.3, 0.4) is 0 Å². The van der Waals surface area contributed by atoms with Gasteiger partial charge in [0, 0.05) is 16.6 Å². The van der Waals surface area contributed by atoms with Crippen LogP contribution < -0.4 is 5.32 Å². The molecule has 2 aromatic rings. The van der Waals surface area contributed by atoms with Crippen molar-refractivity contribution < 1.29 is 9.18 Å². The first-order valence-electron chi connectivity index (χ1n) is 6.17. The van der Waals surface area contributed by atoms with Crippen LogP contribution in [0.4, 0.5) is 4.39 Å². The summed E-state index contributed by atoms with van der Waals surface area (Å²) >= 11 is 7.14. The van der Waals surface area contributed by atoms with Crippen molar-refractivity contribution >= 4 is 38.9 Å². The maximum atomic E-state index is 13.1. The zero-order valence-corrected chi connectivity index (χ0v) is 12.2. The molecule has 1 aromatic carbocycles. The third kappa shape index (κ3) is 3.91. The Morgan fingerprint density at radius 1 is 1.47 bits per heavy atom. The summed E-state index contributed by atoms with van der Waals surface area (Å²) in [5.41, 5.74) is 0. The monoisotopic (exact) mass is 299 g/mol. The molecule has 102 valence electrons. The minimum Gasteiger partial charge on any atom is -0.351 e. The summed E-state index contributed by atoms with van der Waals surface area (Å²) in [6.07, 6.45) is 1.73. The van der Waals surface area contributed by atoms with Gasteiger partial charge >= 0.3 is 0 Å². The number of rotatable bonds is 5. The molecule has 0 bridgehead atoms. The quantitative estimate of drug-likeness (QED) is 0.651. The highest BCUT2D eigenvalue weighted by atomic mass is 35.5. The van der Waals surface area contributed by atoms with Gasteiger partial charge in [0.25, 0.3) is 5.91 Å². The van der Waals surface area contributed by atoms with E-state index in [1.807, 2.05) is 6.92 Å². The van der Waals surface area contributed by atoms with Crippen LogP contribution >= 0.6 is 22.9 Å². The molecule has 2 rings (SSSR count). The summed E-state index contributed by atoms with van der Waals surface area (Å²) in [4.78, 5) is 12.5. The van der Waals surface area contributed by atoms with Crippen LogP contribution in [0.1, 0.15) is 29.4 Å². The van der Waals surface area contributed by atoms with Crippen molar-refractivity contribution in [3.8, 4) is 0 Å². The Labute approximate surface area is 120 Å². The van der Waals surface area contributed by atoms with Gasteiger partial charge in [0.1, 0.15) is 5.82 Å². The first-order valence-corrected chi connectivity index (χ1v) is 7.43. The molecular formula is C14H15ClFNOS. The minimum absolute atomic E-state index is 0.108. The second kappa shape index (κ2) is 6.35. The fourth-order valence-corrected chi connectivity index (χ4v) is 2.95. The molecule has 0 saturated heterocycles. The third-order valence-corrected chi connectivity index (χ3v) is 4.08. The number of alkyl halides is 1. The average Bonchev–Trinajstić information content (AvgIpc) is 2.77. The van der Waals surface area contributed by atoms with Gasteiger partial charge in [-0.3, -0.25) is 4.79 Å². The number of hydrogen-bond acceptors (Lipinski definition) is 2. The highest BCUT2D eigenvalue weighted by molar-refractivity contribution is 7.20. The fourth-order valence-electron chi connectivity index (χ4n) is 1.79. The summed E-state index contributed by atoms with van der Waals surface area (Å²) in [6.45, 7) is 2.54. The number of halogens is 2. The summed E-state index contributed by atoms with van der Waals surface area (Å²) in [7, 11) is 0. The first kappa shape index (κ1) is 14.3. The number of carbonyl (C=O) groups is 1. The smallest absolute Gasteiger partial charge is 0.261 e. The molecule has 2 nitrogen and oxygen atoms in total. The molecule has 1 aromatic heterocycles. The largest absolute Gasteiger partial charge is 0.351 e. The van der Waals surface area contributed by atoms with Gasteiger partial charge in [-0.15, -0.1) is 22.9 Å². The Morgan fingerprint density at radius 2 is 2.26 bits per heavy atom. The van der Waals surface area contributed by atoms with Crippen molar-refractivity contribution in [2.75, 3.05) is 6.54 Å². The van der Waals surface area contributed by atoms with Gasteiger partial charge in [-0.2, -0.15) is 0 Å². The molecular weight excluding hydrogens is 285 g/mol. The lowest BCUT2D eigenvalue weighted by molar-refractivity contribution is 0.0957. The van der Waals surface area contributed by atoms with Gasteiger partial charge in [-0.05, 0) is 43.4 Å². The zero-order chi connectivity index (χ0) is 13.8. The van der Waals surface area contributed by atoms with E-state index >= 15 is 0 Å². The highest BCUT2D eigenvalue weighted by Gasteiger charge is 2.10. The Hall–Kier alpha value is -1.13. The number of carbonyl (C=O) groups excluding carboxylic acids is 1. The molecule has 19 heavy (non-hydrogen) atoms. The number of amides is 1. The maximum Gasteiger partial charge on any atom is 0.261 e. The van der Waals surface area contributed by atoms with Gasteiger partial charge < -0.3 is 5.32 Å². The van der Waals surface area contributed by atoms with Crippen molar-refractivity contribution in [3.05, 3.63) is 35.0 Å². The van der Waals surface area contributed by atoms with E-state index < -0.39 is 0 Å². The lowest BCUT2D eigenvalue weighted by Gasteiger charge is -2.04. The fraction of sp³-hybridized carbons (Fsp3) is 0.357. The molecule has 1 unspecified atom stereocenters. The molecule has 1 amide bonds. The van der Waals surface area contributed by atoms with Gasteiger partial charge in [-0.25, -0.2) is 4.39 Å². The van der Waals surface area contributed by atoms with E-state index in [0.717, 1.165) is 22.9 Å². The Bertz CT molecular complexity index is 582. The van der Waals surface area contributed by atoms with Gasteiger partial charge in [-0.1, -0.05) is 6.07 Å². The predicted molar refractivity (Wildman–Crippen MR) is 78.7 cm³/mol. The number of fused-ring (bicyclic) bond motifs is 1. The van der Waals surface area contributed by atoms with E-state index in [9.17, 15) is 9.18 Å². The zero-order valence-electron chi connectivity index (χ0n) is 10.6. The summed E-state index contributed by atoms with van der Waals surface area (Å²) in [6, 6.07) is 6.33. The van der Waals surface area contributed by atoms with E-state index in [1.165, 1.54) is 23.5 Å². The van der Waals surface area contributed by atoms with Crippen LogP contribution in [0.25, 0.3) is 10.1 Å². The first-order chi connectivity index (χ1) is 9.06. The second-order valence-electron chi connectivity index (χ2n) is 4.47. The molecule has 0 saturated carbocycles. The van der Waals surface area contributed by atoms with Crippen LogP contribution in [0.15, 0.2) is 24.3 Å². The lowest BCUT2D eigenvalue weighted by Crippen LogP contribution is -2.23. The van der Waals surface area contributed by atoms with Crippen LogP contribution in [0, 0.1) is 5.82 Å². The molecule has 0 aliphatic carbocycles. The van der Waals surface area contributed by atoms with Crippen LogP contribution in [-0.2, 0) is 0 Å². The van der Waals surface area contributed by atoms with Crippen molar-refractivity contribution in [2.24, 2.45) is 0 Å². The van der Waals surface area contributed by atoms with Gasteiger partial charge in [0.2, 0.25) is 0 Å². The van der Waals surface area contributed by atoms with Crippen molar-refractivity contribution in [1.29, 1.82) is 0 Å². The molecule has 5 heteroatoms. The molecule has 0 aliphatic rings. The topological polar surface area (TPSA) is 29.1 Å². The van der Waals surface area contributed by atoms with E-state index in [4.69, 9.17) is 11.6 Å². The standard InChI is InChI=1S/C14H15ClFNOS/c1-9(15)3-2-6-17-14(18)13-7-10-4-5-11(16)8-12(10)19-13/h4-5,7-9H,2-3,6H2,1H3,(H,17,18). The summed E-state index contributed by atoms with van der Waals surface area (Å²) < 4.78 is 13.9. The Morgan fingerprint density at radius 3 is 3.00 bits per heavy atom. The predicted octanol–water partition coefficient (Wildman–Crippen LogP) is 4.18. The molecule has 1 N–H and O–H groups in total. The number of nitrogens with one attached hydrogen (secondary N) is 1. The minimum atomic E-state index is -0.280. The highest BCUT2D eigenvalue weighted by Crippen LogP contribution is 2.26. The van der Waals surface area contributed by atoms with Gasteiger partial charge in [0.05, 0.1) is 4.88 Å². The third-order valence-electron chi connectivity index (χ3n) is 2.77. The molecule has 0 fully saturated rings. The molecule has 1 atom stereocenters. The number of hydrogen-bond donors (Lipinski definition) is 1. The Balaban J connectivity index is 1.97. The van der Waals surface area contributed by atoms with E-state index in [1.54, 1.807) is 12.1 Å². The molecule has 1 heterocycles. The normalized spacial score (nSPS) is 12.6. The number of thiophene rings is 1. The molecule has 0 spiro atoms. The van der Waals surface area contributed by atoms with Crippen molar-refractivity contribution in [1.82, 2.24) is 5.32 Å². The van der Waals surface area contributed by atoms with E-state index in [2.05, 4.69) is 5.32 Å². The molecule has 0 radical (unpaired) electrons. The van der Waals surface area contributed by atoms with E-state index in [0.29, 0.717) is 11.4 Å². The SMILES string of the molecule is CC(Cl)CCCNC(=O)c1cc2ccc(F)cc2s1. The van der Waals surface area contributed by atoms with Crippen molar-refractivity contribution in [3.63, 3.8) is 0 Å².